The fourth-order valence-corrected chi connectivity index (χ4v) is 8.95. The largest absolute Gasteiger partial charge is 0.424 e. The van der Waals surface area contributed by atoms with Gasteiger partial charge in [0.05, 0.1) is 21.0 Å². The molecule has 0 aliphatic carbocycles. The first-order valence-corrected chi connectivity index (χ1v) is 14.1. The number of rotatable bonds is 5. The highest BCUT2D eigenvalue weighted by molar-refractivity contribution is 8.18. The van der Waals surface area contributed by atoms with Gasteiger partial charge >= 0.3 is 6.09 Å². The molecule has 5 nitrogen and oxygen atoms in total. The molecule has 2 aliphatic rings. The maximum Gasteiger partial charge on any atom is 0.424 e. The Bertz CT molecular complexity index is 1040. The van der Waals surface area contributed by atoms with Gasteiger partial charge in [0.15, 0.2) is 0 Å². The number of fused-ring (bicyclic) bond motifs is 1. The van der Waals surface area contributed by atoms with Gasteiger partial charge in [-0.05, 0) is 57.0 Å². The SMILES string of the molecule is CCN(CC)c1ccc2c(c1)OC(=O)N(c1ccc(Cl)c(Cl)c1)P2(=S)N1CCCCC1. The number of amides is 1. The second-order valence-corrected chi connectivity index (χ2v) is 12.5. The van der Waals surface area contributed by atoms with Crippen molar-refractivity contribution in [2.24, 2.45) is 0 Å². The first-order chi connectivity index (χ1) is 14.9. The summed E-state index contributed by atoms with van der Waals surface area (Å²) in [4.78, 5) is 15.6. The highest BCUT2D eigenvalue weighted by Gasteiger charge is 2.45. The molecule has 9 heteroatoms. The van der Waals surface area contributed by atoms with Crippen LogP contribution in [-0.2, 0) is 11.8 Å². The lowest BCUT2D eigenvalue weighted by molar-refractivity contribution is 0.210. The van der Waals surface area contributed by atoms with Crippen LogP contribution in [-0.4, -0.2) is 36.9 Å². The van der Waals surface area contributed by atoms with Gasteiger partial charge in [-0.1, -0.05) is 41.4 Å². The molecule has 2 heterocycles. The average Bonchev–Trinajstić information content (AvgIpc) is 2.77. The van der Waals surface area contributed by atoms with Gasteiger partial charge in [0.1, 0.15) is 12.1 Å². The van der Waals surface area contributed by atoms with E-state index in [0.29, 0.717) is 21.5 Å². The molecule has 0 radical (unpaired) electrons. The number of ether oxygens (including phenoxy) is 1. The lowest BCUT2D eigenvalue weighted by Crippen LogP contribution is -2.47. The molecular weight excluding hydrogens is 472 g/mol. The second kappa shape index (κ2) is 9.29. The lowest BCUT2D eigenvalue weighted by atomic mass is 10.2. The van der Waals surface area contributed by atoms with Crippen LogP contribution >= 0.6 is 29.5 Å². The van der Waals surface area contributed by atoms with E-state index in [2.05, 4.69) is 35.6 Å². The minimum Gasteiger partial charge on any atom is -0.409 e. The van der Waals surface area contributed by atoms with E-state index in [0.717, 1.165) is 50.0 Å². The molecule has 2 aromatic rings. The van der Waals surface area contributed by atoms with Crippen molar-refractivity contribution in [2.45, 2.75) is 33.1 Å². The average molecular weight is 498 g/mol. The van der Waals surface area contributed by atoms with Crippen molar-refractivity contribution in [2.75, 3.05) is 35.7 Å². The lowest BCUT2D eigenvalue weighted by Gasteiger charge is -2.46. The minimum atomic E-state index is -2.66. The quantitative estimate of drug-likeness (QED) is 0.454. The van der Waals surface area contributed by atoms with Crippen LogP contribution in [0.4, 0.5) is 16.2 Å². The van der Waals surface area contributed by atoms with Gasteiger partial charge in [0, 0.05) is 37.9 Å². The van der Waals surface area contributed by atoms with Gasteiger partial charge in [-0.15, -0.1) is 0 Å². The van der Waals surface area contributed by atoms with Gasteiger partial charge in [0.25, 0.3) is 0 Å². The highest BCUT2D eigenvalue weighted by atomic mass is 35.5. The molecule has 1 amide bonds. The summed E-state index contributed by atoms with van der Waals surface area (Å²) in [6.07, 6.45) is 0.182. The highest BCUT2D eigenvalue weighted by Crippen LogP contribution is 2.59. The van der Waals surface area contributed by atoms with E-state index < -0.39 is 12.4 Å². The van der Waals surface area contributed by atoms with Crippen molar-refractivity contribution in [3.05, 3.63) is 46.4 Å². The van der Waals surface area contributed by atoms with Crippen molar-refractivity contribution in [1.82, 2.24) is 4.67 Å². The Kier molecular flexibility index (Phi) is 6.85. The van der Waals surface area contributed by atoms with Gasteiger partial charge in [0.2, 0.25) is 0 Å². The fraction of sp³-hybridized carbons (Fsp3) is 0.409. The summed E-state index contributed by atoms with van der Waals surface area (Å²) < 4.78 is 9.81. The summed E-state index contributed by atoms with van der Waals surface area (Å²) in [7, 11) is 0. The summed E-state index contributed by atoms with van der Waals surface area (Å²) in [6, 6.07) is 11.3. The number of carbonyl (C=O) groups is 1. The molecule has 2 aliphatic heterocycles. The standard InChI is InChI=1S/C22H26Cl2N3O2PS/c1-3-25(4-2)16-9-11-21-20(15-16)29-22(28)27(17-8-10-18(23)19(24)14-17)30(21,31)26-12-6-5-7-13-26/h8-11,14-15H,3-7,12-13H2,1-2H3. The summed E-state index contributed by atoms with van der Waals surface area (Å²) in [5.74, 6) is 0.569. The maximum absolute atomic E-state index is 13.4. The van der Waals surface area contributed by atoms with E-state index in [1.165, 1.54) is 6.42 Å². The summed E-state index contributed by atoms with van der Waals surface area (Å²) in [5.41, 5.74) is 1.64. The van der Waals surface area contributed by atoms with Crippen LogP contribution in [0.25, 0.3) is 0 Å². The first kappa shape index (κ1) is 22.9. The number of hydrogen-bond acceptors (Lipinski definition) is 4. The Balaban J connectivity index is 1.88. The topological polar surface area (TPSA) is 36.0 Å². The van der Waals surface area contributed by atoms with E-state index >= 15 is 0 Å². The Morgan fingerprint density at radius 2 is 1.74 bits per heavy atom. The number of piperidine rings is 1. The number of nitrogens with zero attached hydrogens (tertiary/aromatic N) is 3. The molecule has 31 heavy (non-hydrogen) atoms. The van der Waals surface area contributed by atoms with Crippen LogP contribution in [0.2, 0.25) is 10.0 Å². The molecule has 1 fully saturated rings. The Morgan fingerprint density at radius 1 is 1.03 bits per heavy atom. The van der Waals surface area contributed by atoms with E-state index in [4.69, 9.17) is 39.7 Å². The predicted molar refractivity (Wildman–Crippen MR) is 134 cm³/mol. The zero-order valence-electron chi connectivity index (χ0n) is 17.7. The third kappa shape index (κ3) is 4.09. The molecular formula is C22H26Cl2N3O2PS. The zero-order chi connectivity index (χ0) is 22.2. The fourth-order valence-electron chi connectivity index (χ4n) is 4.27. The molecule has 166 valence electrons. The molecule has 0 spiro atoms. The number of anilines is 2. The van der Waals surface area contributed by atoms with E-state index in [-0.39, 0.29) is 0 Å². The summed E-state index contributed by atoms with van der Waals surface area (Å²) in [6.45, 7) is 7.69. The van der Waals surface area contributed by atoms with Crippen molar-refractivity contribution < 1.29 is 9.53 Å². The van der Waals surface area contributed by atoms with Crippen LogP contribution in [0.3, 0.4) is 0 Å². The van der Waals surface area contributed by atoms with E-state index in [1.807, 2.05) is 6.07 Å². The van der Waals surface area contributed by atoms with Gasteiger partial charge < -0.3 is 9.64 Å². The molecule has 1 atom stereocenters. The normalized spacial score (nSPS) is 21.5. The van der Waals surface area contributed by atoms with Crippen LogP contribution < -0.4 is 19.6 Å². The minimum absolute atomic E-state index is 0.384. The van der Waals surface area contributed by atoms with Gasteiger partial charge in [-0.25, -0.2) is 9.46 Å². The molecule has 1 unspecified atom stereocenters. The molecule has 0 saturated carbocycles. The van der Waals surface area contributed by atoms with Crippen LogP contribution in [0.15, 0.2) is 36.4 Å². The number of hydrogen-bond donors (Lipinski definition) is 0. The second-order valence-electron chi connectivity index (χ2n) is 7.66. The van der Waals surface area contributed by atoms with Gasteiger partial charge in [-0.3, -0.25) is 4.67 Å². The van der Waals surface area contributed by atoms with E-state index in [1.54, 1.807) is 22.9 Å². The molecule has 4 rings (SSSR count). The Labute approximate surface area is 199 Å². The molecule has 0 aromatic heterocycles. The smallest absolute Gasteiger partial charge is 0.409 e. The monoisotopic (exact) mass is 497 g/mol. The molecule has 0 bridgehead atoms. The summed E-state index contributed by atoms with van der Waals surface area (Å²) >= 11 is 18.9. The zero-order valence-corrected chi connectivity index (χ0v) is 20.9. The molecule has 1 saturated heterocycles. The third-order valence-corrected chi connectivity index (χ3v) is 11.5. The van der Waals surface area contributed by atoms with Crippen molar-refractivity contribution >= 4 is 64.1 Å². The third-order valence-electron chi connectivity index (χ3n) is 5.89. The van der Waals surface area contributed by atoms with Crippen LogP contribution in [0.5, 0.6) is 5.75 Å². The first-order valence-electron chi connectivity index (χ1n) is 10.6. The van der Waals surface area contributed by atoms with Crippen molar-refractivity contribution in [1.29, 1.82) is 0 Å². The van der Waals surface area contributed by atoms with Crippen LogP contribution in [0, 0.1) is 0 Å². The Hall–Kier alpha value is -1.30. The molecule has 2 aromatic carbocycles. The number of carbonyl (C=O) groups excluding carboxylic acids is 1. The maximum atomic E-state index is 13.4. The van der Waals surface area contributed by atoms with Crippen LogP contribution in [0.1, 0.15) is 33.1 Å². The number of halogens is 2. The van der Waals surface area contributed by atoms with Gasteiger partial charge in [-0.2, -0.15) is 0 Å². The Morgan fingerprint density at radius 3 is 2.39 bits per heavy atom. The summed E-state index contributed by atoms with van der Waals surface area (Å²) in [5, 5.41) is 1.73. The number of benzene rings is 2. The van der Waals surface area contributed by atoms with E-state index in [9.17, 15) is 4.79 Å². The predicted octanol–water partition coefficient (Wildman–Crippen LogP) is 6.28. The molecule has 0 N–H and O–H groups in total. The van der Waals surface area contributed by atoms with Crippen molar-refractivity contribution in [3.63, 3.8) is 0 Å². The van der Waals surface area contributed by atoms with Crippen molar-refractivity contribution in [3.8, 4) is 5.75 Å².